The molecule has 2 aromatic carbocycles. The third kappa shape index (κ3) is 6.91. The predicted molar refractivity (Wildman–Crippen MR) is 128 cm³/mol. The molecule has 1 saturated heterocycles. The lowest BCUT2D eigenvalue weighted by Crippen LogP contribution is -2.46. The second-order valence-corrected chi connectivity index (χ2v) is 9.18. The van der Waals surface area contributed by atoms with E-state index in [0.717, 1.165) is 23.1 Å². The fourth-order valence-corrected chi connectivity index (χ4v) is 4.36. The van der Waals surface area contributed by atoms with Crippen LogP contribution in [-0.2, 0) is 14.3 Å². The molecule has 0 aromatic heterocycles. The Hall–Kier alpha value is -3.15. The minimum absolute atomic E-state index is 0.0422. The fourth-order valence-electron chi connectivity index (χ4n) is 4.36. The molecule has 6 heteroatoms. The molecule has 0 radical (unpaired) electrons. The van der Waals surface area contributed by atoms with E-state index in [1.165, 1.54) is 0 Å². The number of aryl methyl sites for hydroxylation is 2. The monoisotopic (exact) mass is 450 g/mol. The van der Waals surface area contributed by atoms with E-state index in [-0.39, 0.29) is 36.2 Å². The largest absolute Gasteiger partial charge is 0.463 e. The summed E-state index contributed by atoms with van der Waals surface area (Å²) in [5.41, 5.74) is 3.60. The molecule has 33 heavy (non-hydrogen) atoms. The number of carbonyl (C=O) groups is 3. The quantitative estimate of drug-likeness (QED) is 0.636. The number of amides is 2. The van der Waals surface area contributed by atoms with Gasteiger partial charge in [0, 0.05) is 18.7 Å². The highest BCUT2D eigenvalue weighted by atomic mass is 16.5. The number of carbonyl (C=O) groups excluding carboxylic acids is 3. The van der Waals surface area contributed by atoms with Crippen molar-refractivity contribution < 1.29 is 19.1 Å². The van der Waals surface area contributed by atoms with Gasteiger partial charge in [-0.15, -0.1) is 0 Å². The van der Waals surface area contributed by atoms with Crippen molar-refractivity contribution in [3.63, 3.8) is 0 Å². The summed E-state index contributed by atoms with van der Waals surface area (Å²) >= 11 is 0. The molecule has 2 unspecified atom stereocenters. The molecule has 0 saturated carbocycles. The summed E-state index contributed by atoms with van der Waals surface area (Å²) in [7, 11) is 0. The summed E-state index contributed by atoms with van der Waals surface area (Å²) in [6.07, 6.45) is 1.32. The van der Waals surface area contributed by atoms with Gasteiger partial charge >= 0.3 is 5.97 Å². The minimum atomic E-state index is -0.476. The van der Waals surface area contributed by atoms with Gasteiger partial charge in [-0.2, -0.15) is 0 Å². The van der Waals surface area contributed by atoms with E-state index in [0.29, 0.717) is 25.1 Å². The van der Waals surface area contributed by atoms with Crippen LogP contribution in [0.3, 0.4) is 0 Å². The molecule has 0 spiro atoms. The Balaban J connectivity index is 1.70. The van der Waals surface area contributed by atoms with Gasteiger partial charge < -0.3 is 15.0 Å². The average Bonchev–Trinajstić information content (AvgIpc) is 2.77. The van der Waals surface area contributed by atoms with Crippen LogP contribution in [0.5, 0.6) is 0 Å². The maximum Gasteiger partial charge on any atom is 0.308 e. The van der Waals surface area contributed by atoms with Crippen molar-refractivity contribution in [2.24, 2.45) is 5.92 Å². The highest BCUT2D eigenvalue weighted by Crippen LogP contribution is 2.23. The molecule has 176 valence electrons. The molecule has 1 N–H and O–H groups in total. The lowest BCUT2D eigenvalue weighted by molar-refractivity contribution is -0.148. The first-order valence-corrected chi connectivity index (χ1v) is 11.7. The molecule has 2 amide bonds. The zero-order valence-corrected chi connectivity index (χ0v) is 20.0. The molecule has 1 fully saturated rings. The lowest BCUT2D eigenvalue weighted by atomic mass is 9.94. The van der Waals surface area contributed by atoms with Crippen molar-refractivity contribution >= 4 is 17.8 Å². The molecule has 1 aliphatic heterocycles. The van der Waals surface area contributed by atoms with Gasteiger partial charge in [-0.3, -0.25) is 14.4 Å². The van der Waals surface area contributed by atoms with E-state index >= 15 is 0 Å². The Kier molecular flexibility index (Phi) is 8.26. The van der Waals surface area contributed by atoms with Crippen LogP contribution in [0.2, 0.25) is 0 Å². The summed E-state index contributed by atoms with van der Waals surface area (Å²) in [6, 6.07) is 14.8. The number of benzene rings is 2. The van der Waals surface area contributed by atoms with Gasteiger partial charge in [-0.25, -0.2) is 0 Å². The normalized spacial score (nSPS) is 16.9. The molecular weight excluding hydrogens is 416 g/mol. The number of nitrogens with one attached hydrogen (secondary N) is 1. The predicted octanol–water partition coefficient (Wildman–Crippen LogP) is 4.35. The summed E-state index contributed by atoms with van der Waals surface area (Å²) in [4.78, 5) is 40.4. The lowest BCUT2D eigenvalue weighted by Gasteiger charge is -2.33. The van der Waals surface area contributed by atoms with Crippen LogP contribution in [0.25, 0.3) is 0 Å². The number of hydrogen-bond acceptors (Lipinski definition) is 4. The molecule has 1 aliphatic rings. The van der Waals surface area contributed by atoms with Crippen molar-refractivity contribution in [1.29, 1.82) is 0 Å². The van der Waals surface area contributed by atoms with E-state index < -0.39 is 6.04 Å². The summed E-state index contributed by atoms with van der Waals surface area (Å²) in [5, 5.41) is 3.05. The average molecular weight is 451 g/mol. The van der Waals surface area contributed by atoms with Crippen molar-refractivity contribution in [2.75, 3.05) is 13.1 Å². The Bertz CT molecular complexity index is 967. The van der Waals surface area contributed by atoms with Gasteiger partial charge in [0.25, 0.3) is 5.91 Å². The fraction of sp³-hybridized carbons (Fsp3) is 0.444. The molecule has 1 heterocycles. The standard InChI is InChI=1S/C27H34N2O4/c1-18(2)33-25(30)16-24(21-9-6-5-7-10-21)28-26(31)22-11-8-12-29(17-22)27(32)23-14-19(3)13-20(4)15-23/h5-7,9-10,13-15,18,22,24H,8,11-12,16-17H2,1-4H3,(H,28,31). The van der Waals surface area contributed by atoms with Crippen LogP contribution in [0.15, 0.2) is 48.5 Å². The number of esters is 1. The van der Waals surface area contributed by atoms with Gasteiger partial charge in [-0.1, -0.05) is 47.5 Å². The van der Waals surface area contributed by atoms with Crippen LogP contribution in [-0.4, -0.2) is 41.9 Å². The van der Waals surface area contributed by atoms with Gasteiger partial charge in [0.05, 0.1) is 24.5 Å². The SMILES string of the molecule is Cc1cc(C)cc(C(=O)N2CCCC(C(=O)NC(CC(=O)OC(C)C)c3ccccc3)C2)c1. The van der Waals surface area contributed by atoms with Crippen LogP contribution in [0.4, 0.5) is 0 Å². The summed E-state index contributed by atoms with van der Waals surface area (Å²) in [5.74, 6) is -0.853. The Morgan fingerprint density at radius 3 is 2.36 bits per heavy atom. The second kappa shape index (κ2) is 11.1. The molecular formula is C27H34N2O4. The molecule has 0 aliphatic carbocycles. The highest BCUT2D eigenvalue weighted by Gasteiger charge is 2.31. The van der Waals surface area contributed by atoms with E-state index in [2.05, 4.69) is 5.32 Å². The molecule has 2 aromatic rings. The first-order valence-electron chi connectivity index (χ1n) is 11.7. The van der Waals surface area contributed by atoms with Crippen LogP contribution in [0.1, 0.15) is 66.2 Å². The van der Waals surface area contributed by atoms with Gasteiger partial charge in [0.15, 0.2) is 0 Å². The highest BCUT2D eigenvalue weighted by molar-refractivity contribution is 5.95. The van der Waals surface area contributed by atoms with E-state index in [4.69, 9.17) is 4.74 Å². The van der Waals surface area contributed by atoms with E-state index in [1.807, 2.05) is 62.4 Å². The zero-order valence-electron chi connectivity index (χ0n) is 20.0. The number of hydrogen-bond donors (Lipinski definition) is 1. The van der Waals surface area contributed by atoms with Crippen LogP contribution < -0.4 is 5.32 Å². The molecule has 2 atom stereocenters. The number of rotatable bonds is 7. The first-order chi connectivity index (χ1) is 15.7. The van der Waals surface area contributed by atoms with E-state index in [1.54, 1.807) is 18.7 Å². The van der Waals surface area contributed by atoms with Crippen LogP contribution >= 0.6 is 0 Å². The third-order valence-electron chi connectivity index (χ3n) is 5.80. The minimum Gasteiger partial charge on any atom is -0.463 e. The number of piperidine rings is 1. The van der Waals surface area contributed by atoms with Crippen molar-refractivity contribution in [2.45, 2.75) is 59.1 Å². The number of nitrogens with zero attached hydrogens (tertiary/aromatic N) is 1. The summed E-state index contributed by atoms with van der Waals surface area (Å²) < 4.78 is 5.30. The van der Waals surface area contributed by atoms with Crippen molar-refractivity contribution in [1.82, 2.24) is 10.2 Å². The smallest absolute Gasteiger partial charge is 0.308 e. The summed E-state index contributed by atoms with van der Waals surface area (Å²) in [6.45, 7) is 8.57. The molecule has 0 bridgehead atoms. The Labute approximate surface area is 196 Å². The molecule has 3 rings (SSSR count). The maximum atomic E-state index is 13.2. The van der Waals surface area contributed by atoms with Gasteiger partial charge in [0.2, 0.25) is 5.91 Å². The topological polar surface area (TPSA) is 75.7 Å². The zero-order chi connectivity index (χ0) is 24.0. The second-order valence-electron chi connectivity index (χ2n) is 9.18. The van der Waals surface area contributed by atoms with E-state index in [9.17, 15) is 14.4 Å². The van der Waals surface area contributed by atoms with Crippen molar-refractivity contribution in [3.8, 4) is 0 Å². The van der Waals surface area contributed by atoms with Crippen LogP contribution in [0, 0.1) is 19.8 Å². The van der Waals surface area contributed by atoms with Gasteiger partial charge in [0.1, 0.15) is 0 Å². The third-order valence-corrected chi connectivity index (χ3v) is 5.80. The Morgan fingerprint density at radius 1 is 1.06 bits per heavy atom. The number of ether oxygens (including phenoxy) is 1. The van der Waals surface area contributed by atoms with Gasteiger partial charge in [-0.05, 0) is 58.2 Å². The maximum absolute atomic E-state index is 13.2. The number of likely N-dealkylation sites (tertiary alicyclic amines) is 1. The Morgan fingerprint density at radius 2 is 1.73 bits per heavy atom. The molecule has 6 nitrogen and oxygen atoms in total. The van der Waals surface area contributed by atoms with Crippen molar-refractivity contribution in [3.05, 3.63) is 70.8 Å². The first kappa shape index (κ1) is 24.5.